The zero-order valence-corrected chi connectivity index (χ0v) is 7.82. The van der Waals surface area contributed by atoms with Crippen LogP contribution in [0.25, 0.3) is 10.7 Å². The van der Waals surface area contributed by atoms with Gasteiger partial charge in [0.15, 0.2) is 0 Å². The number of nitrogens with zero attached hydrogens (tertiary/aromatic N) is 2. The van der Waals surface area contributed by atoms with Crippen LogP contribution in [0.4, 0.5) is 0 Å². The highest BCUT2D eigenvalue weighted by Gasteiger charge is 2.05. The Balaban J connectivity index is 2.53. The van der Waals surface area contributed by atoms with Gasteiger partial charge in [-0.25, -0.2) is 4.98 Å². The molecule has 0 saturated heterocycles. The highest BCUT2D eigenvalue weighted by molar-refractivity contribution is 9.10. The van der Waals surface area contributed by atoms with Crippen molar-refractivity contribution in [2.24, 2.45) is 0 Å². The maximum atomic E-state index is 4.14. The molecule has 0 aliphatic heterocycles. The van der Waals surface area contributed by atoms with Crippen molar-refractivity contribution in [2.75, 3.05) is 0 Å². The highest BCUT2D eigenvalue weighted by atomic mass is 79.9. The van der Waals surface area contributed by atoms with Crippen LogP contribution in [-0.2, 0) is 0 Å². The fraction of sp³-hybridized carbons (Fsp3) is 0. The second kappa shape index (κ2) is 2.75. The van der Waals surface area contributed by atoms with Gasteiger partial charge in [0.1, 0.15) is 10.7 Å². The molecule has 0 unspecified atom stereocenters. The lowest BCUT2D eigenvalue weighted by Crippen LogP contribution is -1.75. The molecule has 5 heteroatoms. The average molecular weight is 230 g/mol. The summed E-state index contributed by atoms with van der Waals surface area (Å²) in [6.07, 6.45) is 3.49. The molecular weight excluding hydrogens is 226 g/mol. The minimum absolute atomic E-state index is 0.944. The molecule has 2 aromatic heterocycles. The van der Waals surface area contributed by atoms with Crippen LogP contribution in [0.3, 0.4) is 0 Å². The molecule has 1 N–H and O–H groups in total. The molecule has 2 rings (SSSR count). The minimum Gasteiger partial charge on any atom is -0.274 e. The van der Waals surface area contributed by atoms with E-state index < -0.39 is 0 Å². The van der Waals surface area contributed by atoms with Crippen molar-refractivity contribution >= 4 is 27.3 Å². The van der Waals surface area contributed by atoms with E-state index >= 15 is 0 Å². The van der Waals surface area contributed by atoms with Gasteiger partial charge in [-0.1, -0.05) is 0 Å². The summed E-state index contributed by atoms with van der Waals surface area (Å²) in [6, 6.07) is 0. The summed E-state index contributed by atoms with van der Waals surface area (Å²) in [4.78, 5) is 4.14. The Labute approximate surface area is 75.6 Å². The Hall–Kier alpha value is -0.680. The van der Waals surface area contributed by atoms with Gasteiger partial charge in [-0.15, -0.1) is 11.3 Å². The normalized spacial score (nSPS) is 10.3. The SMILES string of the molecule is Brc1cn[nH]c1-c1nccs1. The number of hydrogen-bond acceptors (Lipinski definition) is 3. The molecule has 0 radical (unpaired) electrons. The number of rotatable bonds is 1. The van der Waals surface area contributed by atoms with Gasteiger partial charge in [0.25, 0.3) is 0 Å². The first kappa shape index (κ1) is 7.00. The number of halogens is 1. The molecule has 0 spiro atoms. The van der Waals surface area contributed by atoms with E-state index in [0.29, 0.717) is 0 Å². The van der Waals surface area contributed by atoms with Crippen LogP contribution in [0.5, 0.6) is 0 Å². The van der Waals surface area contributed by atoms with Gasteiger partial charge < -0.3 is 0 Å². The summed E-state index contributed by atoms with van der Waals surface area (Å²) in [5.41, 5.74) is 0.944. The highest BCUT2D eigenvalue weighted by Crippen LogP contribution is 2.26. The van der Waals surface area contributed by atoms with Crippen molar-refractivity contribution in [2.45, 2.75) is 0 Å². The Morgan fingerprint density at radius 1 is 1.55 bits per heavy atom. The van der Waals surface area contributed by atoms with Gasteiger partial charge in [-0.2, -0.15) is 5.10 Å². The van der Waals surface area contributed by atoms with Crippen molar-refractivity contribution in [3.05, 3.63) is 22.2 Å². The maximum Gasteiger partial charge on any atom is 0.142 e. The van der Waals surface area contributed by atoms with Gasteiger partial charge in [0.2, 0.25) is 0 Å². The van der Waals surface area contributed by atoms with E-state index in [1.54, 1.807) is 23.7 Å². The molecule has 0 saturated carbocycles. The first-order valence-electron chi connectivity index (χ1n) is 2.96. The second-order valence-corrected chi connectivity index (χ2v) is 3.68. The van der Waals surface area contributed by atoms with Crippen LogP contribution in [0.1, 0.15) is 0 Å². The molecule has 0 aromatic carbocycles. The predicted octanol–water partition coefficient (Wildman–Crippen LogP) is 2.30. The lowest BCUT2D eigenvalue weighted by molar-refractivity contribution is 1.09. The Morgan fingerprint density at radius 2 is 2.45 bits per heavy atom. The first-order chi connectivity index (χ1) is 5.38. The van der Waals surface area contributed by atoms with Crippen molar-refractivity contribution in [3.8, 4) is 10.7 Å². The number of hydrogen-bond donors (Lipinski definition) is 1. The minimum atomic E-state index is 0.944. The summed E-state index contributed by atoms with van der Waals surface area (Å²) in [5.74, 6) is 0. The van der Waals surface area contributed by atoms with Crippen molar-refractivity contribution in [1.82, 2.24) is 15.2 Å². The van der Waals surface area contributed by atoms with Crippen molar-refractivity contribution in [1.29, 1.82) is 0 Å². The van der Waals surface area contributed by atoms with Crippen LogP contribution in [0.15, 0.2) is 22.2 Å². The van der Waals surface area contributed by atoms with Crippen molar-refractivity contribution < 1.29 is 0 Å². The van der Waals surface area contributed by atoms with E-state index in [4.69, 9.17) is 0 Å². The number of aromatic amines is 1. The number of nitrogens with one attached hydrogen (secondary N) is 1. The lowest BCUT2D eigenvalue weighted by atomic mass is 10.5. The first-order valence-corrected chi connectivity index (χ1v) is 4.64. The maximum absolute atomic E-state index is 4.14. The van der Waals surface area contributed by atoms with Crippen LogP contribution in [0.2, 0.25) is 0 Å². The van der Waals surface area contributed by atoms with Crippen molar-refractivity contribution in [3.63, 3.8) is 0 Å². The molecule has 0 amide bonds. The second-order valence-electron chi connectivity index (χ2n) is 1.93. The third-order valence-electron chi connectivity index (χ3n) is 1.24. The predicted molar refractivity (Wildman–Crippen MR) is 47.4 cm³/mol. The van der Waals surface area contributed by atoms with E-state index in [0.717, 1.165) is 15.2 Å². The van der Waals surface area contributed by atoms with Gasteiger partial charge in [-0.05, 0) is 15.9 Å². The standard InChI is InChI=1S/C6H4BrN3S/c7-4-3-9-10-5(4)6-8-1-2-11-6/h1-3H,(H,9,10). The van der Waals surface area contributed by atoms with Crippen LogP contribution in [0, 0.1) is 0 Å². The molecule has 11 heavy (non-hydrogen) atoms. The zero-order chi connectivity index (χ0) is 7.68. The van der Waals surface area contributed by atoms with Gasteiger partial charge in [0.05, 0.1) is 10.7 Å². The fourth-order valence-electron chi connectivity index (χ4n) is 0.768. The molecule has 2 aromatic rings. The summed E-state index contributed by atoms with van der Waals surface area (Å²) in [6.45, 7) is 0. The van der Waals surface area contributed by atoms with Gasteiger partial charge >= 0.3 is 0 Å². The quantitative estimate of drug-likeness (QED) is 0.816. The number of H-pyrrole nitrogens is 1. The van der Waals surface area contributed by atoms with E-state index in [1.165, 1.54) is 0 Å². The lowest BCUT2D eigenvalue weighted by Gasteiger charge is -1.88. The largest absolute Gasteiger partial charge is 0.274 e. The Bertz CT molecular complexity index is 340. The Morgan fingerprint density at radius 3 is 3.00 bits per heavy atom. The van der Waals surface area contributed by atoms with E-state index in [-0.39, 0.29) is 0 Å². The fourth-order valence-corrected chi connectivity index (χ4v) is 1.92. The molecule has 3 nitrogen and oxygen atoms in total. The third-order valence-corrected chi connectivity index (χ3v) is 2.63. The topological polar surface area (TPSA) is 41.6 Å². The van der Waals surface area contributed by atoms with Gasteiger partial charge in [-0.3, -0.25) is 5.10 Å². The van der Waals surface area contributed by atoms with Gasteiger partial charge in [0, 0.05) is 11.6 Å². The summed E-state index contributed by atoms with van der Waals surface area (Å²) < 4.78 is 0.951. The number of aromatic nitrogens is 3. The van der Waals surface area contributed by atoms with E-state index in [9.17, 15) is 0 Å². The number of thiazole rings is 1. The molecular formula is C6H4BrN3S. The van der Waals surface area contributed by atoms with Crippen LogP contribution < -0.4 is 0 Å². The average Bonchev–Trinajstić information content (AvgIpc) is 2.55. The Kier molecular flexibility index (Phi) is 1.75. The smallest absolute Gasteiger partial charge is 0.142 e. The third kappa shape index (κ3) is 1.21. The molecule has 0 atom stereocenters. The van der Waals surface area contributed by atoms with E-state index in [1.807, 2.05) is 5.38 Å². The van der Waals surface area contributed by atoms with Crippen LogP contribution >= 0.6 is 27.3 Å². The monoisotopic (exact) mass is 229 g/mol. The summed E-state index contributed by atoms with van der Waals surface area (Å²) in [5, 5.41) is 9.62. The molecule has 2 heterocycles. The molecule has 0 bridgehead atoms. The molecule has 0 fully saturated rings. The molecule has 0 aliphatic rings. The molecule has 0 aliphatic carbocycles. The summed E-state index contributed by atoms with van der Waals surface area (Å²) >= 11 is 4.94. The summed E-state index contributed by atoms with van der Waals surface area (Å²) in [7, 11) is 0. The van der Waals surface area contributed by atoms with Crippen LogP contribution in [-0.4, -0.2) is 15.2 Å². The zero-order valence-electron chi connectivity index (χ0n) is 5.41. The molecule has 56 valence electrons. The van der Waals surface area contributed by atoms with E-state index in [2.05, 4.69) is 31.1 Å².